The SMILES string of the molecule is CN(C)[C@@H]1C(=O)C(C(N)=O)=C(O)[C@@]2(O)C(=O)C3=C(O)c4c(O)cccc4[C@@](C)(O)[C@H]3C[C@@H]12.Cc1cc(C)nc(NS(=O)(=O)c2ccc(N)cc2)n1. The maximum absolute atomic E-state index is 13.7. The highest BCUT2D eigenvalue weighted by Crippen LogP contribution is 2.57. The van der Waals surface area contributed by atoms with Crippen LogP contribution in [0, 0.1) is 25.7 Å². The molecule has 1 saturated carbocycles. The van der Waals surface area contributed by atoms with E-state index in [4.69, 9.17) is 11.5 Å². The molecule has 0 spiro atoms. The summed E-state index contributed by atoms with van der Waals surface area (Å²) < 4.78 is 26.6. The Hall–Kier alpha value is -5.36. The molecule has 10 N–H and O–H groups in total. The molecule has 0 bridgehead atoms. The molecule has 6 rings (SSSR count). The Kier molecular flexibility index (Phi) is 9.23. The summed E-state index contributed by atoms with van der Waals surface area (Å²) in [4.78, 5) is 48.2. The van der Waals surface area contributed by atoms with Gasteiger partial charge in [-0.2, -0.15) is 0 Å². The van der Waals surface area contributed by atoms with E-state index in [1.165, 1.54) is 68.4 Å². The number of carbonyl (C=O) groups is 3. The quantitative estimate of drug-likeness (QED) is 0.135. The van der Waals surface area contributed by atoms with Crippen LogP contribution < -0.4 is 16.2 Å². The van der Waals surface area contributed by atoms with Gasteiger partial charge in [-0.15, -0.1) is 0 Å². The fourth-order valence-corrected chi connectivity index (χ4v) is 8.04. The van der Waals surface area contributed by atoms with Crippen molar-refractivity contribution in [2.45, 2.75) is 49.3 Å². The molecule has 1 aromatic heterocycles. The van der Waals surface area contributed by atoms with Gasteiger partial charge in [-0.25, -0.2) is 23.1 Å². The fraction of sp³-hybridized carbons (Fsp3) is 0.324. The predicted molar refractivity (Wildman–Crippen MR) is 183 cm³/mol. The van der Waals surface area contributed by atoms with Crippen molar-refractivity contribution in [2.24, 2.45) is 17.6 Å². The first-order valence-electron chi connectivity index (χ1n) is 15.5. The normalized spacial score (nSPS) is 25.8. The van der Waals surface area contributed by atoms with Crippen LogP contribution in [0.4, 0.5) is 11.6 Å². The van der Waals surface area contributed by atoms with E-state index >= 15 is 0 Å². The Morgan fingerprint density at radius 1 is 1.00 bits per heavy atom. The molecule has 1 heterocycles. The molecule has 51 heavy (non-hydrogen) atoms. The Morgan fingerprint density at radius 3 is 2.14 bits per heavy atom. The average molecular weight is 723 g/mol. The molecule has 0 aliphatic heterocycles. The maximum Gasteiger partial charge on any atom is 0.264 e. The third-order valence-corrected chi connectivity index (χ3v) is 10.8. The zero-order valence-corrected chi connectivity index (χ0v) is 29.1. The first-order valence-corrected chi connectivity index (χ1v) is 17.0. The zero-order valence-electron chi connectivity index (χ0n) is 28.2. The van der Waals surface area contributed by atoms with Gasteiger partial charge in [0.2, 0.25) is 11.7 Å². The molecule has 0 unspecified atom stereocenters. The van der Waals surface area contributed by atoms with E-state index in [0.717, 1.165) is 0 Å². The lowest BCUT2D eigenvalue weighted by Crippen LogP contribution is -2.67. The number of hydrogen-bond donors (Lipinski definition) is 8. The number of hydrogen-bond acceptors (Lipinski definition) is 14. The largest absolute Gasteiger partial charge is 0.508 e. The van der Waals surface area contributed by atoms with E-state index in [-0.39, 0.29) is 28.4 Å². The topological polar surface area (TPSA) is 280 Å². The van der Waals surface area contributed by atoms with Crippen LogP contribution in [0.3, 0.4) is 0 Å². The van der Waals surface area contributed by atoms with E-state index in [0.29, 0.717) is 17.1 Å². The summed E-state index contributed by atoms with van der Waals surface area (Å²) in [6, 6.07) is 10.7. The minimum Gasteiger partial charge on any atom is -0.508 e. The number of nitrogens with zero attached hydrogens (tertiary/aromatic N) is 3. The molecule has 17 heteroatoms. The molecule has 1 fully saturated rings. The summed E-state index contributed by atoms with van der Waals surface area (Å²) in [7, 11) is -0.687. The number of phenolic OH excluding ortho intramolecular Hbond substituents is 1. The van der Waals surface area contributed by atoms with Gasteiger partial charge in [0.1, 0.15) is 22.8 Å². The standard InChI is InChI=1S/C22H24N2O8.C12H14N4O2S/c1-21(31)8-5-4-6-11(25)12(8)16(26)13-9(21)7-10-15(24(2)3)17(27)14(20(23)30)19(29)22(10,32)18(13)28;1-8-7-9(2)15-12(14-8)16-19(17,18)11-5-3-10(13)4-6-11/h4-6,9-10,15,25-26,29,31-32H,7H2,1-3H3,(H2,23,30);3-7H,13H2,1-2H3,(H,14,15,16)/t9-,10-,15-,21+,22-;/m0./s1. The number of nitrogens with two attached hydrogens (primary N) is 2. The average Bonchev–Trinajstić information content (AvgIpc) is 3.01. The Labute approximate surface area is 292 Å². The number of phenols is 1. The minimum absolute atomic E-state index is 0.0642. The number of nitrogen functional groups attached to an aromatic ring is 1. The number of Topliss-reactive ketones (excluding diaryl/α,β-unsaturated/α-hetero) is 2. The van der Waals surface area contributed by atoms with Gasteiger partial charge in [0, 0.05) is 34.5 Å². The van der Waals surface area contributed by atoms with Crippen LogP contribution in [0.25, 0.3) is 5.76 Å². The number of rotatable bonds is 5. The van der Waals surface area contributed by atoms with E-state index in [1.54, 1.807) is 19.9 Å². The van der Waals surface area contributed by atoms with Crippen LogP contribution in [0.2, 0.25) is 0 Å². The summed E-state index contributed by atoms with van der Waals surface area (Å²) in [5, 5.41) is 54.9. The number of amides is 1. The van der Waals surface area contributed by atoms with Crippen LogP contribution in [-0.2, 0) is 30.0 Å². The molecule has 2 aromatic carbocycles. The number of likely N-dealkylation sites (N-methyl/N-ethyl adjacent to an activating group) is 1. The highest BCUT2D eigenvalue weighted by molar-refractivity contribution is 7.92. The van der Waals surface area contributed by atoms with Crippen molar-refractivity contribution in [3.63, 3.8) is 0 Å². The Morgan fingerprint density at radius 2 is 1.59 bits per heavy atom. The number of carbonyl (C=O) groups excluding carboxylic acids is 3. The predicted octanol–water partition coefficient (Wildman–Crippen LogP) is 1.11. The highest BCUT2D eigenvalue weighted by atomic mass is 32.2. The number of primary amides is 1. The highest BCUT2D eigenvalue weighted by Gasteiger charge is 2.66. The van der Waals surface area contributed by atoms with Gasteiger partial charge in [-0.3, -0.25) is 19.3 Å². The van der Waals surface area contributed by atoms with Gasteiger partial charge in [0.25, 0.3) is 15.9 Å². The molecule has 1 amide bonds. The first-order chi connectivity index (χ1) is 23.6. The number of aromatic nitrogens is 2. The van der Waals surface area contributed by atoms with Crippen molar-refractivity contribution >= 4 is 44.9 Å². The van der Waals surface area contributed by atoms with Crippen LogP contribution in [0.5, 0.6) is 5.75 Å². The molecule has 0 radical (unpaired) electrons. The fourth-order valence-electron chi connectivity index (χ4n) is 7.10. The van der Waals surface area contributed by atoms with Gasteiger partial charge in [-0.05, 0) is 83.2 Å². The van der Waals surface area contributed by atoms with Crippen molar-refractivity contribution in [1.29, 1.82) is 0 Å². The lowest BCUT2D eigenvalue weighted by atomic mass is 9.54. The number of aliphatic hydroxyl groups is 4. The Balaban J connectivity index is 0.000000226. The number of ketones is 2. The number of sulfonamides is 1. The monoisotopic (exact) mass is 722 g/mol. The maximum atomic E-state index is 13.7. The molecule has 3 aromatic rings. The molecule has 3 aliphatic rings. The number of nitrogens with one attached hydrogen (secondary N) is 1. The molecule has 0 saturated heterocycles. The van der Waals surface area contributed by atoms with E-state index < -0.39 is 85.0 Å². The molecular formula is C34H38N6O10S. The second-order valence-electron chi connectivity index (χ2n) is 13.1. The lowest BCUT2D eigenvalue weighted by molar-refractivity contribution is -0.159. The number of aryl methyl sites for hydroxylation is 2. The number of aliphatic hydroxyl groups excluding tert-OH is 2. The smallest absolute Gasteiger partial charge is 0.264 e. The third-order valence-electron chi connectivity index (χ3n) is 9.42. The second kappa shape index (κ2) is 12.8. The molecule has 270 valence electrons. The van der Waals surface area contributed by atoms with E-state index in [1.807, 2.05) is 0 Å². The van der Waals surface area contributed by atoms with Crippen molar-refractivity contribution in [1.82, 2.24) is 14.9 Å². The number of anilines is 2. The number of aromatic hydroxyl groups is 1. The molecular weight excluding hydrogens is 684 g/mol. The van der Waals surface area contributed by atoms with E-state index in [9.17, 15) is 48.3 Å². The minimum atomic E-state index is -3.69. The van der Waals surface area contributed by atoms with Crippen LogP contribution >= 0.6 is 0 Å². The first kappa shape index (κ1) is 36.9. The lowest BCUT2D eigenvalue weighted by Gasteiger charge is -2.53. The van der Waals surface area contributed by atoms with Gasteiger partial charge >= 0.3 is 0 Å². The number of fused-ring (bicyclic) bond motifs is 3. The van der Waals surface area contributed by atoms with Gasteiger partial charge in [0.15, 0.2) is 11.4 Å². The number of benzene rings is 2. The third kappa shape index (κ3) is 6.07. The van der Waals surface area contributed by atoms with Crippen LogP contribution in [0.15, 0.2) is 70.3 Å². The molecule has 16 nitrogen and oxygen atoms in total. The van der Waals surface area contributed by atoms with Gasteiger partial charge in [0.05, 0.1) is 22.1 Å². The Bertz CT molecular complexity index is 2130. The van der Waals surface area contributed by atoms with Crippen LogP contribution in [0.1, 0.15) is 35.9 Å². The summed E-state index contributed by atoms with van der Waals surface area (Å²) in [5.41, 5.74) is 6.87. The van der Waals surface area contributed by atoms with Crippen molar-refractivity contribution < 1.29 is 48.3 Å². The summed E-state index contributed by atoms with van der Waals surface area (Å²) in [6.07, 6.45) is -0.200. The summed E-state index contributed by atoms with van der Waals surface area (Å²) >= 11 is 0. The van der Waals surface area contributed by atoms with Crippen molar-refractivity contribution in [2.75, 3.05) is 24.6 Å². The van der Waals surface area contributed by atoms with Crippen LogP contribution in [-0.4, -0.2) is 92.0 Å². The van der Waals surface area contributed by atoms with E-state index in [2.05, 4.69) is 14.7 Å². The molecule has 3 aliphatic carbocycles. The zero-order chi connectivity index (χ0) is 38.0. The summed E-state index contributed by atoms with van der Waals surface area (Å²) in [6.45, 7) is 4.95. The second-order valence-corrected chi connectivity index (χ2v) is 14.8. The van der Waals surface area contributed by atoms with Crippen molar-refractivity contribution in [3.8, 4) is 5.75 Å². The summed E-state index contributed by atoms with van der Waals surface area (Å²) in [5.74, 6) is -7.83. The van der Waals surface area contributed by atoms with Crippen molar-refractivity contribution in [3.05, 3.63) is 88.0 Å². The van der Waals surface area contributed by atoms with Gasteiger partial charge < -0.3 is 37.0 Å². The van der Waals surface area contributed by atoms with Gasteiger partial charge in [-0.1, -0.05) is 12.1 Å². The molecule has 5 atom stereocenters.